The number of rotatable bonds is 3. The average molecular weight is 340 g/mol. The Morgan fingerprint density at radius 3 is 2.62 bits per heavy atom. The molecular weight excluding hydrogens is 329 g/mol. The van der Waals surface area contributed by atoms with Gasteiger partial charge in [0.05, 0.1) is 5.56 Å². The van der Waals surface area contributed by atoms with Crippen molar-refractivity contribution in [2.75, 3.05) is 0 Å². The number of halogens is 3. The Balaban J connectivity index is 2.41. The molecule has 0 atom stereocenters. The Labute approximate surface area is 133 Å². The maximum absolute atomic E-state index is 13.2. The van der Waals surface area contributed by atoms with Gasteiger partial charge in [-0.15, -0.1) is 0 Å². The lowest BCUT2D eigenvalue weighted by molar-refractivity contribution is -0.605. The SMILES string of the molecule is N=C(N)NC(=O)c1ccc(Oc2ccc[n+]([O-])c2)c(C(F)(F)F)c1. The molecule has 0 spiro atoms. The van der Waals surface area contributed by atoms with Crippen LogP contribution >= 0.6 is 0 Å². The molecule has 0 saturated carbocycles. The lowest BCUT2D eigenvalue weighted by atomic mass is 10.1. The van der Waals surface area contributed by atoms with Crippen LogP contribution in [0.3, 0.4) is 0 Å². The summed E-state index contributed by atoms with van der Waals surface area (Å²) in [5, 5.41) is 20.0. The summed E-state index contributed by atoms with van der Waals surface area (Å²) in [6.07, 6.45) is -2.70. The van der Waals surface area contributed by atoms with E-state index in [1.165, 1.54) is 12.1 Å². The van der Waals surface area contributed by atoms with Crippen LogP contribution < -0.4 is 20.5 Å². The molecule has 0 bridgehead atoms. The van der Waals surface area contributed by atoms with Crippen LogP contribution in [0.15, 0.2) is 42.7 Å². The molecule has 1 aromatic carbocycles. The highest BCUT2D eigenvalue weighted by molar-refractivity contribution is 6.04. The molecule has 10 heteroatoms. The smallest absolute Gasteiger partial charge is 0.420 e. The van der Waals surface area contributed by atoms with Gasteiger partial charge in [-0.3, -0.25) is 15.5 Å². The highest BCUT2D eigenvalue weighted by Crippen LogP contribution is 2.38. The summed E-state index contributed by atoms with van der Waals surface area (Å²) in [5.41, 5.74) is 3.41. The van der Waals surface area contributed by atoms with Gasteiger partial charge in [0.2, 0.25) is 6.20 Å². The number of nitrogens with two attached hydrogens (primary N) is 1. The molecule has 1 aromatic heterocycles. The first-order valence-corrected chi connectivity index (χ1v) is 6.40. The van der Waals surface area contributed by atoms with E-state index < -0.39 is 29.4 Å². The molecule has 1 amide bonds. The lowest BCUT2D eigenvalue weighted by Gasteiger charge is -2.14. The topological polar surface area (TPSA) is 115 Å². The van der Waals surface area contributed by atoms with Gasteiger partial charge in [0.25, 0.3) is 5.91 Å². The van der Waals surface area contributed by atoms with E-state index in [4.69, 9.17) is 15.9 Å². The molecule has 0 aliphatic rings. The Kier molecular flexibility index (Phi) is 4.58. The summed E-state index contributed by atoms with van der Waals surface area (Å²) in [6.45, 7) is 0. The minimum absolute atomic E-state index is 0.0982. The molecule has 1 heterocycles. The van der Waals surface area contributed by atoms with E-state index in [1.54, 1.807) is 0 Å². The second kappa shape index (κ2) is 6.44. The molecule has 0 fully saturated rings. The van der Waals surface area contributed by atoms with Gasteiger partial charge in [-0.05, 0) is 24.3 Å². The lowest BCUT2D eigenvalue weighted by Crippen LogP contribution is -2.35. The van der Waals surface area contributed by atoms with Gasteiger partial charge < -0.3 is 15.7 Å². The normalized spacial score (nSPS) is 11.0. The van der Waals surface area contributed by atoms with Crippen molar-refractivity contribution >= 4 is 11.9 Å². The van der Waals surface area contributed by atoms with Gasteiger partial charge in [0.1, 0.15) is 5.75 Å². The number of alkyl halides is 3. The van der Waals surface area contributed by atoms with Gasteiger partial charge >= 0.3 is 6.18 Å². The maximum atomic E-state index is 13.2. The summed E-state index contributed by atoms with van der Waals surface area (Å²) in [5.74, 6) is -2.33. The number of aromatic nitrogens is 1. The van der Waals surface area contributed by atoms with E-state index in [9.17, 15) is 23.2 Å². The fourth-order valence-electron chi connectivity index (χ4n) is 1.80. The first-order valence-electron chi connectivity index (χ1n) is 6.40. The van der Waals surface area contributed by atoms with E-state index in [0.717, 1.165) is 24.5 Å². The van der Waals surface area contributed by atoms with Crippen molar-refractivity contribution in [2.45, 2.75) is 6.18 Å². The molecule has 24 heavy (non-hydrogen) atoms. The molecule has 4 N–H and O–H groups in total. The number of hydrogen-bond donors (Lipinski definition) is 3. The van der Waals surface area contributed by atoms with Crippen LogP contribution in [0, 0.1) is 10.6 Å². The van der Waals surface area contributed by atoms with Gasteiger partial charge in [0, 0.05) is 11.6 Å². The number of guanidine groups is 1. The highest BCUT2D eigenvalue weighted by atomic mass is 19.4. The highest BCUT2D eigenvalue weighted by Gasteiger charge is 2.35. The minimum atomic E-state index is -4.80. The molecule has 0 radical (unpaired) electrons. The Morgan fingerprint density at radius 1 is 1.33 bits per heavy atom. The van der Waals surface area contributed by atoms with Crippen LogP contribution in [-0.4, -0.2) is 11.9 Å². The fraction of sp³-hybridized carbons (Fsp3) is 0.0714. The van der Waals surface area contributed by atoms with Crippen LogP contribution in [0.5, 0.6) is 11.5 Å². The van der Waals surface area contributed by atoms with E-state index >= 15 is 0 Å². The second-order valence-corrected chi connectivity index (χ2v) is 4.58. The van der Waals surface area contributed by atoms with E-state index in [-0.39, 0.29) is 11.3 Å². The Hall–Kier alpha value is -3.30. The first kappa shape index (κ1) is 17.1. The Morgan fingerprint density at radius 2 is 2.04 bits per heavy atom. The number of carbonyl (C=O) groups excluding carboxylic acids is 1. The zero-order valence-electron chi connectivity index (χ0n) is 11.9. The number of hydrogen-bond acceptors (Lipinski definition) is 4. The number of amides is 1. The number of ether oxygens (including phenoxy) is 1. The third-order valence-electron chi connectivity index (χ3n) is 2.77. The fourth-order valence-corrected chi connectivity index (χ4v) is 1.80. The molecule has 0 unspecified atom stereocenters. The standard InChI is InChI=1S/C14H11F3N4O3/c15-14(16,17)10-6-8(12(22)20-13(18)19)3-4-11(10)24-9-2-1-5-21(23)7-9/h1-7H,(H4,18,19,20,22). The van der Waals surface area contributed by atoms with E-state index in [0.29, 0.717) is 10.8 Å². The van der Waals surface area contributed by atoms with Gasteiger partial charge in [0.15, 0.2) is 17.9 Å². The molecule has 2 rings (SSSR count). The van der Waals surface area contributed by atoms with Crippen molar-refractivity contribution in [3.63, 3.8) is 0 Å². The van der Waals surface area contributed by atoms with Crippen LogP contribution in [0.1, 0.15) is 15.9 Å². The number of benzene rings is 1. The Bertz CT molecular complexity index is 793. The molecule has 0 aliphatic heterocycles. The van der Waals surface area contributed by atoms with E-state index in [1.807, 2.05) is 5.32 Å². The molecule has 2 aromatic rings. The predicted molar refractivity (Wildman–Crippen MR) is 76.3 cm³/mol. The summed E-state index contributed by atoms with van der Waals surface area (Å²) < 4.78 is 45.0. The van der Waals surface area contributed by atoms with Crippen molar-refractivity contribution in [1.82, 2.24) is 5.32 Å². The van der Waals surface area contributed by atoms with Crippen molar-refractivity contribution in [2.24, 2.45) is 5.73 Å². The third-order valence-corrected chi connectivity index (χ3v) is 2.77. The van der Waals surface area contributed by atoms with Crippen molar-refractivity contribution in [3.8, 4) is 11.5 Å². The number of nitrogens with zero attached hydrogens (tertiary/aromatic N) is 1. The van der Waals surface area contributed by atoms with E-state index in [2.05, 4.69) is 0 Å². The number of carbonyl (C=O) groups is 1. The maximum Gasteiger partial charge on any atom is 0.420 e. The average Bonchev–Trinajstić information content (AvgIpc) is 2.45. The largest absolute Gasteiger partial charge is 0.619 e. The molecular formula is C14H11F3N4O3. The predicted octanol–water partition coefficient (Wildman–Crippen LogP) is 1.75. The summed E-state index contributed by atoms with van der Waals surface area (Å²) in [4.78, 5) is 11.7. The first-order chi connectivity index (χ1) is 11.2. The summed E-state index contributed by atoms with van der Waals surface area (Å²) in [7, 11) is 0. The van der Waals surface area contributed by atoms with Crippen LogP contribution in [0.2, 0.25) is 0 Å². The van der Waals surface area contributed by atoms with Crippen molar-refractivity contribution < 1.29 is 27.4 Å². The van der Waals surface area contributed by atoms with Crippen molar-refractivity contribution in [3.05, 3.63) is 59.1 Å². The van der Waals surface area contributed by atoms with Crippen LogP contribution in [0.25, 0.3) is 0 Å². The second-order valence-electron chi connectivity index (χ2n) is 4.58. The van der Waals surface area contributed by atoms with Gasteiger partial charge in [-0.2, -0.15) is 17.9 Å². The zero-order chi connectivity index (χ0) is 17.9. The number of nitrogens with one attached hydrogen (secondary N) is 2. The molecule has 0 saturated heterocycles. The number of pyridine rings is 1. The van der Waals surface area contributed by atoms with Crippen LogP contribution in [-0.2, 0) is 6.18 Å². The third kappa shape index (κ3) is 4.12. The quantitative estimate of drug-likeness (QED) is 0.342. The van der Waals surface area contributed by atoms with Gasteiger partial charge in [-0.1, -0.05) is 0 Å². The van der Waals surface area contributed by atoms with Gasteiger partial charge in [-0.25, -0.2) is 0 Å². The molecule has 7 nitrogen and oxygen atoms in total. The molecule has 0 aliphatic carbocycles. The summed E-state index contributed by atoms with van der Waals surface area (Å²) in [6, 6.07) is 5.22. The van der Waals surface area contributed by atoms with Crippen LogP contribution in [0.4, 0.5) is 13.2 Å². The minimum Gasteiger partial charge on any atom is -0.619 e. The zero-order valence-corrected chi connectivity index (χ0v) is 11.9. The molecule has 126 valence electrons. The summed E-state index contributed by atoms with van der Waals surface area (Å²) >= 11 is 0. The monoisotopic (exact) mass is 340 g/mol. The van der Waals surface area contributed by atoms with Crippen molar-refractivity contribution in [1.29, 1.82) is 5.41 Å².